The Labute approximate surface area is 113 Å². The second kappa shape index (κ2) is 4.61. The van der Waals surface area contributed by atoms with Gasteiger partial charge in [-0.15, -0.1) is 0 Å². The fourth-order valence-corrected chi connectivity index (χ4v) is 2.25. The molecule has 0 N–H and O–H groups in total. The van der Waals surface area contributed by atoms with Crippen molar-refractivity contribution in [3.8, 4) is 0 Å². The number of rotatable bonds is 3. The summed E-state index contributed by atoms with van der Waals surface area (Å²) in [5.74, 6) is 0. The Morgan fingerprint density at radius 2 is 1.00 bits per heavy atom. The molecule has 0 radical (unpaired) electrons. The minimum absolute atomic E-state index is 0.265. The zero-order valence-electron chi connectivity index (χ0n) is 13.2. The highest BCUT2D eigenvalue weighted by molar-refractivity contribution is 5.35. The van der Waals surface area contributed by atoms with Gasteiger partial charge < -0.3 is 0 Å². The van der Waals surface area contributed by atoms with Gasteiger partial charge in [0.25, 0.3) is 0 Å². The molecule has 0 aliphatic carbocycles. The number of benzene rings is 2. The summed E-state index contributed by atoms with van der Waals surface area (Å²) >= 11 is 0. The number of hydrogen-bond acceptors (Lipinski definition) is 0. The van der Waals surface area contributed by atoms with Crippen LogP contribution in [0.5, 0.6) is 0 Å². The quantitative estimate of drug-likeness (QED) is 0.712. The van der Waals surface area contributed by atoms with Crippen molar-refractivity contribution in [2.24, 2.45) is 0 Å². The minimum Gasteiger partial charge on any atom is -0.0622 e. The Hall–Kier alpha value is -1.56. The maximum Gasteiger partial charge on any atom is 0.0240 e. The van der Waals surface area contributed by atoms with Crippen LogP contribution in [0.15, 0.2) is 60.7 Å². The third-order valence-electron chi connectivity index (χ3n) is 4.04. The van der Waals surface area contributed by atoms with Gasteiger partial charge in [-0.2, -0.15) is 0 Å². The molecule has 2 atom stereocenters. The molecule has 2 aromatic rings. The molecule has 0 bridgehead atoms. The van der Waals surface area contributed by atoms with Gasteiger partial charge in [0.2, 0.25) is 0 Å². The lowest BCUT2D eigenvalue weighted by atomic mass is 9.61. The first-order chi connectivity index (χ1) is 9.58. The van der Waals surface area contributed by atoms with Gasteiger partial charge in [0.05, 0.1) is 0 Å². The van der Waals surface area contributed by atoms with Crippen molar-refractivity contribution < 1.29 is 2.74 Å². The lowest BCUT2D eigenvalue weighted by Crippen LogP contribution is -2.40. The van der Waals surface area contributed by atoms with E-state index < -0.39 is 0 Å². The standard InChI is InChI=1S/C18H22/c1-17(2,15-11-7-5-8-12-15)18(3,4)16-13-9-6-10-14-16/h5-14H,1-4H3/i1D,3D. The molecule has 2 aromatic carbocycles. The van der Waals surface area contributed by atoms with E-state index >= 15 is 0 Å². The largest absolute Gasteiger partial charge is 0.0622 e. The van der Waals surface area contributed by atoms with Crippen LogP contribution >= 0.6 is 0 Å². The van der Waals surface area contributed by atoms with Crippen LogP contribution in [0.25, 0.3) is 0 Å². The van der Waals surface area contributed by atoms with Crippen LogP contribution in [0.3, 0.4) is 0 Å². The molecule has 0 saturated carbocycles. The van der Waals surface area contributed by atoms with Crippen LogP contribution in [0.2, 0.25) is 0 Å². The zero-order valence-corrected chi connectivity index (χ0v) is 11.2. The van der Waals surface area contributed by atoms with Crippen LogP contribution in [0, 0.1) is 0 Å². The summed E-state index contributed by atoms with van der Waals surface area (Å²) in [5, 5.41) is 0. The fraction of sp³-hybridized carbons (Fsp3) is 0.333. The molecule has 0 aliphatic heterocycles. The van der Waals surface area contributed by atoms with Crippen LogP contribution in [0.4, 0.5) is 0 Å². The van der Waals surface area contributed by atoms with E-state index in [0.717, 1.165) is 11.1 Å². The Morgan fingerprint density at radius 1 is 0.667 bits per heavy atom. The van der Waals surface area contributed by atoms with Crippen molar-refractivity contribution in [2.75, 3.05) is 0 Å². The van der Waals surface area contributed by atoms with Crippen LogP contribution in [0.1, 0.15) is 41.5 Å². The lowest BCUT2D eigenvalue weighted by molar-refractivity contribution is 0.303. The van der Waals surface area contributed by atoms with E-state index in [0.29, 0.717) is 0 Å². The molecule has 18 heavy (non-hydrogen) atoms. The summed E-state index contributed by atoms with van der Waals surface area (Å²) in [5.41, 5.74) is 1.51. The Morgan fingerprint density at radius 3 is 1.28 bits per heavy atom. The predicted molar refractivity (Wildman–Crippen MR) is 78.9 cm³/mol. The van der Waals surface area contributed by atoms with E-state index in [2.05, 4.69) is 38.1 Å². The molecule has 0 amide bonds. The van der Waals surface area contributed by atoms with Gasteiger partial charge in [0, 0.05) is 2.74 Å². The molecule has 0 spiro atoms. The molecule has 0 fully saturated rings. The van der Waals surface area contributed by atoms with Gasteiger partial charge in [0.1, 0.15) is 0 Å². The van der Waals surface area contributed by atoms with E-state index in [4.69, 9.17) is 2.74 Å². The Kier molecular flexibility index (Phi) is 2.65. The summed E-state index contributed by atoms with van der Waals surface area (Å²) in [6.45, 7) is 4.75. The third kappa shape index (κ3) is 2.08. The second-order valence-corrected chi connectivity index (χ2v) is 5.40. The molecule has 0 heterocycles. The predicted octanol–water partition coefficient (Wildman–Crippen LogP) is 4.94. The molecule has 0 heteroatoms. The van der Waals surface area contributed by atoms with E-state index in [9.17, 15) is 0 Å². The molecule has 2 rings (SSSR count). The average molecular weight is 240 g/mol. The van der Waals surface area contributed by atoms with E-state index in [1.54, 1.807) is 0 Å². The highest BCUT2D eigenvalue weighted by Crippen LogP contribution is 2.43. The molecular formula is C18H22. The van der Waals surface area contributed by atoms with Crippen molar-refractivity contribution in [3.63, 3.8) is 0 Å². The normalized spacial score (nSPS) is 19.2. The molecule has 2 unspecified atom stereocenters. The monoisotopic (exact) mass is 240 g/mol. The summed E-state index contributed by atoms with van der Waals surface area (Å²) < 4.78 is 16.2. The van der Waals surface area contributed by atoms with Crippen molar-refractivity contribution in [3.05, 3.63) is 71.8 Å². The minimum atomic E-state index is -0.378. The topological polar surface area (TPSA) is 0 Å². The number of hydrogen-bond donors (Lipinski definition) is 0. The molecule has 0 aliphatic rings. The van der Waals surface area contributed by atoms with Gasteiger partial charge in [-0.1, -0.05) is 88.3 Å². The van der Waals surface area contributed by atoms with E-state index in [1.165, 1.54) is 0 Å². The first-order valence-electron chi connectivity index (χ1n) is 7.69. The van der Waals surface area contributed by atoms with Crippen LogP contribution < -0.4 is 0 Å². The van der Waals surface area contributed by atoms with Gasteiger partial charge in [0.15, 0.2) is 0 Å². The molecule has 94 valence electrons. The van der Waals surface area contributed by atoms with Crippen molar-refractivity contribution in [1.29, 1.82) is 0 Å². The average Bonchev–Trinajstić information content (AvgIpc) is 2.54. The smallest absolute Gasteiger partial charge is 0.0240 e. The van der Waals surface area contributed by atoms with Gasteiger partial charge in [-0.25, -0.2) is 0 Å². The van der Waals surface area contributed by atoms with Gasteiger partial charge in [-0.3, -0.25) is 0 Å². The second-order valence-electron chi connectivity index (χ2n) is 5.40. The van der Waals surface area contributed by atoms with Gasteiger partial charge >= 0.3 is 0 Å². The molecule has 0 aromatic heterocycles. The summed E-state index contributed by atoms with van der Waals surface area (Å²) in [4.78, 5) is 0. The summed E-state index contributed by atoms with van der Waals surface area (Å²) in [6.07, 6.45) is 0. The Bertz CT molecular complexity index is 486. The maximum absolute atomic E-state index is 8.12. The van der Waals surface area contributed by atoms with E-state index in [1.807, 2.05) is 36.4 Å². The fourth-order valence-electron chi connectivity index (χ4n) is 2.25. The van der Waals surface area contributed by atoms with E-state index in [-0.39, 0.29) is 24.6 Å². The van der Waals surface area contributed by atoms with Gasteiger partial charge in [-0.05, 0) is 22.0 Å². The summed E-state index contributed by atoms with van der Waals surface area (Å²) in [6, 6.07) is 20.3. The van der Waals surface area contributed by atoms with Crippen LogP contribution in [-0.2, 0) is 10.8 Å². The summed E-state index contributed by atoms with van der Waals surface area (Å²) in [7, 11) is 0. The van der Waals surface area contributed by atoms with Crippen molar-refractivity contribution in [1.82, 2.24) is 0 Å². The third-order valence-corrected chi connectivity index (χ3v) is 4.04. The van der Waals surface area contributed by atoms with Crippen molar-refractivity contribution >= 4 is 0 Å². The highest BCUT2D eigenvalue weighted by Gasteiger charge is 2.39. The zero-order chi connectivity index (χ0) is 14.6. The lowest BCUT2D eigenvalue weighted by Gasteiger charge is -2.43. The van der Waals surface area contributed by atoms with Crippen molar-refractivity contribution in [2.45, 2.75) is 38.5 Å². The first kappa shape index (κ1) is 10.4. The molecule has 0 saturated heterocycles. The Balaban J connectivity index is 2.58. The van der Waals surface area contributed by atoms with Crippen LogP contribution in [-0.4, -0.2) is 0 Å². The SMILES string of the molecule is [2H]CC(C)(c1ccccc1)C(C)(C[2H])c1ccccc1. The first-order valence-corrected chi connectivity index (χ1v) is 6.28. The highest BCUT2D eigenvalue weighted by atomic mass is 14.4. The maximum atomic E-state index is 8.12. The molecular weight excluding hydrogens is 216 g/mol. The molecule has 0 nitrogen and oxygen atoms in total.